The zero-order valence-corrected chi connectivity index (χ0v) is 13.0. The molecule has 2 atom stereocenters. The van der Waals surface area contributed by atoms with E-state index < -0.39 is 5.60 Å². The highest BCUT2D eigenvalue weighted by atomic mass is 16.5. The lowest BCUT2D eigenvalue weighted by atomic mass is 9.85. The molecule has 1 aliphatic rings. The molecular formula is C16H28N2O2. The lowest BCUT2D eigenvalue weighted by Gasteiger charge is -2.36. The number of rotatable bonds is 6. The van der Waals surface area contributed by atoms with Gasteiger partial charge >= 0.3 is 0 Å². The van der Waals surface area contributed by atoms with Crippen LogP contribution in [0.2, 0.25) is 0 Å². The first-order valence-corrected chi connectivity index (χ1v) is 7.98. The van der Waals surface area contributed by atoms with Crippen molar-refractivity contribution in [2.45, 2.75) is 77.0 Å². The number of nitrogens with zero attached hydrogens (tertiary/aromatic N) is 2. The van der Waals surface area contributed by atoms with E-state index in [0.29, 0.717) is 25.5 Å². The van der Waals surface area contributed by atoms with Gasteiger partial charge in [-0.3, -0.25) is 4.68 Å². The molecule has 1 fully saturated rings. The monoisotopic (exact) mass is 280 g/mol. The molecule has 4 nitrogen and oxygen atoms in total. The smallest absolute Gasteiger partial charge is 0.0750 e. The van der Waals surface area contributed by atoms with Gasteiger partial charge in [0.15, 0.2) is 0 Å². The van der Waals surface area contributed by atoms with Gasteiger partial charge in [0.25, 0.3) is 0 Å². The molecule has 1 aliphatic heterocycles. The van der Waals surface area contributed by atoms with E-state index in [-0.39, 0.29) is 6.10 Å². The fourth-order valence-electron chi connectivity index (χ4n) is 3.10. The first kappa shape index (κ1) is 15.5. The Morgan fingerprint density at radius 1 is 1.45 bits per heavy atom. The molecule has 0 aromatic carbocycles. The fourth-order valence-corrected chi connectivity index (χ4v) is 3.10. The molecule has 0 saturated carbocycles. The zero-order chi connectivity index (χ0) is 14.6. The third-order valence-electron chi connectivity index (χ3n) is 4.47. The summed E-state index contributed by atoms with van der Waals surface area (Å²) in [5, 5.41) is 15.4. The van der Waals surface area contributed by atoms with E-state index in [1.807, 2.05) is 12.3 Å². The van der Waals surface area contributed by atoms with E-state index >= 15 is 0 Å². The van der Waals surface area contributed by atoms with E-state index in [4.69, 9.17) is 4.74 Å². The van der Waals surface area contributed by atoms with E-state index in [9.17, 15) is 5.11 Å². The van der Waals surface area contributed by atoms with Gasteiger partial charge in [-0.2, -0.15) is 5.10 Å². The summed E-state index contributed by atoms with van der Waals surface area (Å²) >= 11 is 0. The largest absolute Gasteiger partial charge is 0.389 e. The quantitative estimate of drug-likeness (QED) is 0.871. The SMILES string of the molecule is CCC1CC(O)(Cc2ccn(C(CC)CC)n2)CCO1. The molecule has 20 heavy (non-hydrogen) atoms. The van der Waals surface area contributed by atoms with Gasteiger partial charge < -0.3 is 9.84 Å². The van der Waals surface area contributed by atoms with Crippen LogP contribution in [-0.4, -0.2) is 33.2 Å². The first-order chi connectivity index (χ1) is 9.60. The minimum absolute atomic E-state index is 0.190. The molecule has 1 aromatic rings. The Balaban J connectivity index is 2.02. The van der Waals surface area contributed by atoms with Crippen molar-refractivity contribution in [3.8, 4) is 0 Å². The maximum Gasteiger partial charge on any atom is 0.0750 e. The van der Waals surface area contributed by atoms with Crippen molar-refractivity contribution in [1.82, 2.24) is 9.78 Å². The normalized spacial score (nSPS) is 27.1. The van der Waals surface area contributed by atoms with Crippen molar-refractivity contribution in [3.05, 3.63) is 18.0 Å². The number of aliphatic hydroxyl groups is 1. The van der Waals surface area contributed by atoms with Gasteiger partial charge in [0, 0.05) is 25.6 Å². The molecule has 2 rings (SSSR count). The Morgan fingerprint density at radius 2 is 2.20 bits per heavy atom. The summed E-state index contributed by atoms with van der Waals surface area (Å²) in [4.78, 5) is 0. The van der Waals surface area contributed by atoms with Crippen molar-refractivity contribution < 1.29 is 9.84 Å². The minimum atomic E-state index is -0.647. The van der Waals surface area contributed by atoms with Crippen LogP contribution in [0.25, 0.3) is 0 Å². The van der Waals surface area contributed by atoms with Crippen molar-refractivity contribution >= 4 is 0 Å². The van der Waals surface area contributed by atoms with Gasteiger partial charge in [-0.15, -0.1) is 0 Å². The molecular weight excluding hydrogens is 252 g/mol. The molecule has 1 saturated heterocycles. The fraction of sp³-hybridized carbons (Fsp3) is 0.812. The topological polar surface area (TPSA) is 47.3 Å². The highest BCUT2D eigenvalue weighted by Crippen LogP contribution is 2.29. The summed E-state index contributed by atoms with van der Waals surface area (Å²) in [7, 11) is 0. The Morgan fingerprint density at radius 3 is 2.85 bits per heavy atom. The van der Waals surface area contributed by atoms with E-state index in [1.165, 1.54) is 0 Å². The lowest BCUT2D eigenvalue weighted by molar-refractivity contribution is -0.103. The summed E-state index contributed by atoms with van der Waals surface area (Å²) in [6.07, 6.45) is 7.46. The predicted molar refractivity (Wildman–Crippen MR) is 79.8 cm³/mol. The van der Waals surface area contributed by atoms with Gasteiger partial charge in [0.2, 0.25) is 0 Å². The molecule has 0 amide bonds. The summed E-state index contributed by atoms with van der Waals surface area (Å²) < 4.78 is 7.70. The van der Waals surface area contributed by atoms with Crippen LogP contribution in [0.3, 0.4) is 0 Å². The van der Waals surface area contributed by atoms with E-state index in [1.54, 1.807) is 0 Å². The maximum atomic E-state index is 10.8. The highest BCUT2D eigenvalue weighted by Gasteiger charge is 2.35. The van der Waals surface area contributed by atoms with Crippen LogP contribution in [-0.2, 0) is 11.2 Å². The molecule has 1 N–H and O–H groups in total. The van der Waals surface area contributed by atoms with Crippen LogP contribution < -0.4 is 0 Å². The second-order valence-electron chi connectivity index (χ2n) is 6.01. The molecule has 114 valence electrons. The predicted octanol–water partition coefficient (Wildman–Crippen LogP) is 3.11. The van der Waals surface area contributed by atoms with Crippen molar-refractivity contribution in [2.75, 3.05) is 6.61 Å². The number of hydrogen-bond donors (Lipinski definition) is 1. The number of ether oxygens (including phenoxy) is 1. The molecule has 2 unspecified atom stereocenters. The van der Waals surface area contributed by atoms with Gasteiger partial charge in [0.05, 0.1) is 23.4 Å². The second-order valence-corrected chi connectivity index (χ2v) is 6.01. The molecule has 4 heteroatoms. The van der Waals surface area contributed by atoms with Crippen LogP contribution in [0.15, 0.2) is 12.3 Å². The second kappa shape index (κ2) is 6.72. The standard InChI is InChI=1S/C16H28N2O2/c1-4-14(5-2)18-9-7-13(17-18)11-16(19)8-10-20-15(6-3)12-16/h7,9,14-15,19H,4-6,8,10-12H2,1-3H3. The van der Waals surface area contributed by atoms with Crippen molar-refractivity contribution in [3.63, 3.8) is 0 Å². The Bertz CT molecular complexity index is 414. The number of hydrogen-bond acceptors (Lipinski definition) is 3. The molecule has 0 radical (unpaired) electrons. The van der Waals surface area contributed by atoms with Gasteiger partial charge in [-0.1, -0.05) is 20.8 Å². The Labute approximate surface area is 122 Å². The van der Waals surface area contributed by atoms with Crippen LogP contribution in [0, 0.1) is 0 Å². The Hall–Kier alpha value is -0.870. The average Bonchev–Trinajstić information content (AvgIpc) is 2.87. The highest BCUT2D eigenvalue weighted by molar-refractivity contribution is 5.06. The van der Waals surface area contributed by atoms with Crippen LogP contribution in [0.1, 0.15) is 64.6 Å². The van der Waals surface area contributed by atoms with Crippen LogP contribution in [0.5, 0.6) is 0 Å². The van der Waals surface area contributed by atoms with Gasteiger partial charge in [-0.25, -0.2) is 0 Å². The molecule has 0 bridgehead atoms. The van der Waals surface area contributed by atoms with E-state index in [2.05, 4.69) is 30.6 Å². The molecule has 1 aromatic heterocycles. The maximum absolute atomic E-state index is 10.8. The summed E-state index contributed by atoms with van der Waals surface area (Å²) in [6, 6.07) is 2.52. The Kier molecular flexibility index (Phi) is 5.22. The lowest BCUT2D eigenvalue weighted by Crippen LogP contribution is -2.42. The van der Waals surface area contributed by atoms with Crippen LogP contribution >= 0.6 is 0 Å². The van der Waals surface area contributed by atoms with Gasteiger partial charge in [0.1, 0.15) is 0 Å². The minimum Gasteiger partial charge on any atom is -0.389 e. The zero-order valence-electron chi connectivity index (χ0n) is 13.0. The average molecular weight is 280 g/mol. The molecule has 2 heterocycles. The van der Waals surface area contributed by atoms with Gasteiger partial charge in [-0.05, 0) is 31.7 Å². The summed E-state index contributed by atoms with van der Waals surface area (Å²) in [5.41, 5.74) is 0.350. The molecule has 0 spiro atoms. The van der Waals surface area contributed by atoms with E-state index in [0.717, 1.165) is 31.4 Å². The number of aromatic nitrogens is 2. The van der Waals surface area contributed by atoms with Crippen molar-refractivity contribution in [2.24, 2.45) is 0 Å². The van der Waals surface area contributed by atoms with Crippen molar-refractivity contribution in [1.29, 1.82) is 0 Å². The third kappa shape index (κ3) is 3.61. The molecule has 0 aliphatic carbocycles. The first-order valence-electron chi connectivity index (χ1n) is 7.98. The van der Waals surface area contributed by atoms with Crippen LogP contribution in [0.4, 0.5) is 0 Å². The third-order valence-corrected chi connectivity index (χ3v) is 4.47. The summed E-state index contributed by atoms with van der Waals surface area (Å²) in [6.45, 7) is 7.14. The summed E-state index contributed by atoms with van der Waals surface area (Å²) in [5.74, 6) is 0.